The molecule has 1 saturated carbocycles. The van der Waals surface area contributed by atoms with E-state index in [9.17, 15) is 9.59 Å². The van der Waals surface area contributed by atoms with Gasteiger partial charge in [-0.3, -0.25) is 0 Å². The van der Waals surface area contributed by atoms with Crippen molar-refractivity contribution in [3.8, 4) is 0 Å². The summed E-state index contributed by atoms with van der Waals surface area (Å²) in [6.07, 6.45) is 3.31. The molecule has 6 heteroatoms. The van der Waals surface area contributed by atoms with E-state index in [0.717, 1.165) is 6.29 Å². The van der Waals surface area contributed by atoms with Gasteiger partial charge in [-0.15, -0.1) is 0 Å². The van der Waals surface area contributed by atoms with Gasteiger partial charge in [0, 0.05) is 12.8 Å². The molecule has 21 heavy (non-hydrogen) atoms. The highest BCUT2D eigenvalue weighted by atomic mass is 32.2. The number of aldehydes is 1. The SMILES string of the molecule is C[S+](OC1CC(C=O)(NC(=O)OC(C)(C)C)C1)C(C)(C)C. The molecule has 1 N–H and O–H groups in total. The quantitative estimate of drug-likeness (QED) is 0.639. The minimum absolute atomic E-state index is 0.0118. The molecule has 0 saturated heterocycles. The minimum Gasteiger partial charge on any atom is -0.444 e. The zero-order chi connectivity index (χ0) is 16.5. The average Bonchev–Trinajstić information content (AvgIpc) is 2.21. The van der Waals surface area contributed by atoms with E-state index in [4.69, 9.17) is 8.92 Å². The monoisotopic (exact) mass is 318 g/mol. The highest BCUT2D eigenvalue weighted by Gasteiger charge is 2.51. The van der Waals surface area contributed by atoms with E-state index in [2.05, 4.69) is 32.3 Å². The lowest BCUT2D eigenvalue weighted by Crippen LogP contribution is -2.62. The third-order valence-electron chi connectivity index (χ3n) is 3.30. The summed E-state index contributed by atoms with van der Waals surface area (Å²) >= 11 is -0.190. The lowest BCUT2D eigenvalue weighted by Gasteiger charge is -2.42. The van der Waals surface area contributed by atoms with Gasteiger partial charge in [-0.25, -0.2) is 4.79 Å². The van der Waals surface area contributed by atoms with Crippen LogP contribution in [-0.4, -0.2) is 40.6 Å². The molecule has 1 amide bonds. The Balaban J connectivity index is 2.49. The second-order valence-corrected chi connectivity index (χ2v) is 9.92. The fourth-order valence-electron chi connectivity index (χ4n) is 1.90. The molecule has 5 nitrogen and oxygen atoms in total. The summed E-state index contributed by atoms with van der Waals surface area (Å²) in [5.74, 6) is 0. The van der Waals surface area contributed by atoms with Crippen molar-refractivity contribution in [1.29, 1.82) is 0 Å². The van der Waals surface area contributed by atoms with Gasteiger partial charge in [0.25, 0.3) is 0 Å². The first kappa shape index (κ1) is 18.3. The molecule has 0 heterocycles. The second-order valence-electron chi connectivity index (χ2n) is 7.59. The van der Waals surface area contributed by atoms with E-state index in [-0.39, 0.29) is 22.0 Å². The molecule has 1 atom stereocenters. The zero-order valence-corrected chi connectivity index (χ0v) is 14.9. The number of carbonyl (C=O) groups excluding carboxylic acids is 2. The van der Waals surface area contributed by atoms with Crippen molar-refractivity contribution in [2.24, 2.45) is 0 Å². The Hall–Kier alpha value is -0.750. The van der Waals surface area contributed by atoms with Crippen LogP contribution in [0.15, 0.2) is 0 Å². The number of amides is 1. The van der Waals surface area contributed by atoms with Crippen LogP contribution in [0.2, 0.25) is 0 Å². The number of ether oxygens (including phenoxy) is 1. The molecular weight excluding hydrogens is 290 g/mol. The van der Waals surface area contributed by atoms with Crippen LogP contribution in [0.5, 0.6) is 0 Å². The molecule has 1 aliphatic carbocycles. The molecule has 0 bridgehead atoms. The molecule has 0 aromatic heterocycles. The van der Waals surface area contributed by atoms with E-state index < -0.39 is 17.2 Å². The van der Waals surface area contributed by atoms with Gasteiger partial charge in [0.1, 0.15) is 41.0 Å². The first-order valence-corrected chi connectivity index (χ1v) is 8.73. The lowest BCUT2D eigenvalue weighted by molar-refractivity contribution is -0.120. The van der Waals surface area contributed by atoms with Crippen molar-refractivity contribution in [3.05, 3.63) is 0 Å². The van der Waals surface area contributed by atoms with Crippen molar-refractivity contribution >= 4 is 23.6 Å². The minimum atomic E-state index is -0.838. The van der Waals surface area contributed by atoms with Crippen molar-refractivity contribution in [3.63, 3.8) is 0 Å². The Morgan fingerprint density at radius 3 is 2.14 bits per heavy atom. The van der Waals surface area contributed by atoms with Gasteiger partial charge in [0.2, 0.25) is 0 Å². The van der Waals surface area contributed by atoms with E-state index in [1.807, 2.05) is 0 Å². The maximum Gasteiger partial charge on any atom is 0.408 e. The second kappa shape index (κ2) is 6.16. The first-order valence-electron chi connectivity index (χ1n) is 7.18. The molecule has 0 aliphatic heterocycles. The van der Waals surface area contributed by atoms with E-state index in [1.54, 1.807) is 20.8 Å². The van der Waals surface area contributed by atoms with Gasteiger partial charge in [0.05, 0.1) is 0 Å². The molecule has 0 aromatic carbocycles. The Kier molecular flexibility index (Phi) is 5.37. The van der Waals surface area contributed by atoms with Crippen LogP contribution < -0.4 is 5.32 Å². The van der Waals surface area contributed by atoms with Crippen LogP contribution in [0.25, 0.3) is 0 Å². The van der Waals surface area contributed by atoms with Crippen LogP contribution in [0, 0.1) is 0 Å². The molecule has 0 aromatic rings. The number of hydrogen-bond donors (Lipinski definition) is 1. The molecule has 1 fully saturated rings. The van der Waals surface area contributed by atoms with Gasteiger partial charge in [0.15, 0.2) is 4.75 Å². The van der Waals surface area contributed by atoms with Gasteiger partial charge >= 0.3 is 6.09 Å². The number of rotatable bonds is 4. The highest BCUT2D eigenvalue weighted by Crippen LogP contribution is 2.36. The average molecular weight is 318 g/mol. The fourth-order valence-corrected chi connectivity index (χ4v) is 2.74. The number of carbonyl (C=O) groups is 2. The van der Waals surface area contributed by atoms with E-state index >= 15 is 0 Å². The zero-order valence-electron chi connectivity index (χ0n) is 14.1. The Morgan fingerprint density at radius 2 is 1.76 bits per heavy atom. The summed E-state index contributed by atoms with van der Waals surface area (Å²) in [6.45, 7) is 11.7. The topological polar surface area (TPSA) is 64.6 Å². The smallest absolute Gasteiger partial charge is 0.408 e. The summed E-state index contributed by atoms with van der Waals surface area (Å²) in [4.78, 5) is 23.1. The van der Waals surface area contributed by atoms with Gasteiger partial charge < -0.3 is 14.8 Å². The summed E-state index contributed by atoms with van der Waals surface area (Å²) in [7, 11) is 0. The predicted molar refractivity (Wildman–Crippen MR) is 85.3 cm³/mol. The third kappa shape index (κ3) is 5.51. The fraction of sp³-hybridized carbons (Fsp3) is 0.867. The molecule has 0 spiro atoms. The maximum absolute atomic E-state index is 11.8. The number of hydrogen-bond acceptors (Lipinski definition) is 4. The standard InChI is InChI=1S/C15H27NO4S/c1-13(2,3)19-12(18)16-15(10-17)8-11(9-15)20-21(7)14(4,5)6/h10-11H,8-9H2,1-7H3/p+1. The van der Waals surface area contributed by atoms with Crippen molar-refractivity contribution in [2.75, 3.05) is 6.26 Å². The summed E-state index contributed by atoms with van der Waals surface area (Å²) in [5, 5.41) is 2.67. The maximum atomic E-state index is 11.8. The first-order chi connectivity index (χ1) is 9.37. The normalized spacial score (nSPS) is 27.5. The lowest BCUT2D eigenvalue weighted by atomic mass is 9.75. The Labute approximate surface area is 130 Å². The highest BCUT2D eigenvalue weighted by molar-refractivity contribution is 7.93. The van der Waals surface area contributed by atoms with Crippen molar-refractivity contribution in [2.45, 2.75) is 76.4 Å². The summed E-state index contributed by atoms with van der Waals surface area (Å²) in [6, 6.07) is 0. The largest absolute Gasteiger partial charge is 0.444 e. The Bertz CT molecular complexity index is 391. The van der Waals surface area contributed by atoms with Gasteiger partial charge in [-0.05, 0) is 41.5 Å². The van der Waals surface area contributed by atoms with Gasteiger partial charge in [-0.2, -0.15) is 4.18 Å². The van der Waals surface area contributed by atoms with Crippen LogP contribution in [0.3, 0.4) is 0 Å². The van der Waals surface area contributed by atoms with Crippen LogP contribution >= 0.6 is 0 Å². The van der Waals surface area contributed by atoms with Crippen LogP contribution in [0.4, 0.5) is 4.79 Å². The van der Waals surface area contributed by atoms with E-state index in [1.165, 1.54) is 0 Å². The number of nitrogens with one attached hydrogen (secondary N) is 1. The molecular formula is C15H28NO4S+. The molecule has 1 aliphatic rings. The molecule has 1 rings (SSSR count). The van der Waals surface area contributed by atoms with Crippen LogP contribution in [0.1, 0.15) is 54.4 Å². The van der Waals surface area contributed by atoms with Crippen molar-refractivity contribution in [1.82, 2.24) is 5.32 Å². The molecule has 122 valence electrons. The summed E-state index contributed by atoms with van der Waals surface area (Å²) in [5.41, 5.74) is -1.41. The van der Waals surface area contributed by atoms with Crippen molar-refractivity contribution < 1.29 is 18.5 Å². The molecule has 1 unspecified atom stereocenters. The van der Waals surface area contributed by atoms with Gasteiger partial charge in [-0.1, -0.05) is 0 Å². The predicted octanol–water partition coefficient (Wildman–Crippen LogP) is 2.59. The van der Waals surface area contributed by atoms with E-state index in [0.29, 0.717) is 12.8 Å². The molecule has 0 radical (unpaired) electrons. The third-order valence-corrected chi connectivity index (χ3v) is 5.59. The summed E-state index contributed by atoms with van der Waals surface area (Å²) < 4.78 is 11.2. The number of alkyl carbamates (subject to hydrolysis) is 1. The van der Waals surface area contributed by atoms with Crippen LogP contribution in [-0.2, 0) is 24.9 Å². The Morgan fingerprint density at radius 1 is 1.24 bits per heavy atom.